The monoisotopic (exact) mass is 223 g/mol. The molecule has 5 nitrogen and oxygen atoms in total. The fraction of sp³-hybridized carbons (Fsp3) is 0. The summed E-state index contributed by atoms with van der Waals surface area (Å²) < 4.78 is 1.35. The normalized spacial score (nSPS) is 10.2. The summed E-state index contributed by atoms with van der Waals surface area (Å²) in [5.41, 5.74) is -0.399. The van der Waals surface area contributed by atoms with E-state index in [9.17, 15) is 9.59 Å². The summed E-state index contributed by atoms with van der Waals surface area (Å²) in [5.74, 6) is 0.452. The fourth-order valence-corrected chi connectivity index (χ4v) is 1.30. The minimum Gasteiger partial charge on any atom is -0.298 e. The van der Waals surface area contributed by atoms with Crippen LogP contribution >= 0.6 is 11.6 Å². The van der Waals surface area contributed by atoms with E-state index in [-0.39, 0.29) is 5.56 Å². The standard InChI is InChI=1S/C9H6ClN3O2/c10-7-2-1-3-8(11-7)13-4-6(5-14)9(15)12-13/h1-5H,(H,12,15). The maximum Gasteiger partial charge on any atom is 0.275 e. The predicted molar refractivity (Wildman–Crippen MR) is 54.6 cm³/mol. The van der Waals surface area contributed by atoms with Gasteiger partial charge in [-0.15, -0.1) is 0 Å². The average Bonchev–Trinajstić information content (AvgIpc) is 2.60. The summed E-state index contributed by atoms with van der Waals surface area (Å²) in [4.78, 5) is 25.6. The van der Waals surface area contributed by atoms with Crippen molar-refractivity contribution >= 4 is 17.9 Å². The van der Waals surface area contributed by atoms with E-state index in [0.717, 1.165) is 0 Å². The number of rotatable bonds is 2. The van der Waals surface area contributed by atoms with Gasteiger partial charge in [0.2, 0.25) is 0 Å². The average molecular weight is 224 g/mol. The van der Waals surface area contributed by atoms with Crippen LogP contribution in [0.15, 0.2) is 29.2 Å². The van der Waals surface area contributed by atoms with Crippen molar-refractivity contribution in [3.05, 3.63) is 45.5 Å². The van der Waals surface area contributed by atoms with Crippen LogP contribution in [0, 0.1) is 0 Å². The molecular formula is C9H6ClN3O2. The minimum atomic E-state index is -0.452. The van der Waals surface area contributed by atoms with E-state index < -0.39 is 5.56 Å². The first-order chi connectivity index (χ1) is 7.20. The van der Waals surface area contributed by atoms with Crippen molar-refractivity contribution in [3.63, 3.8) is 0 Å². The van der Waals surface area contributed by atoms with Gasteiger partial charge in [0.15, 0.2) is 12.1 Å². The Morgan fingerprint density at radius 1 is 1.47 bits per heavy atom. The van der Waals surface area contributed by atoms with Crippen LogP contribution in [0.3, 0.4) is 0 Å². The molecule has 1 N–H and O–H groups in total. The van der Waals surface area contributed by atoms with Gasteiger partial charge in [-0.05, 0) is 12.1 Å². The van der Waals surface area contributed by atoms with Crippen molar-refractivity contribution in [3.8, 4) is 5.82 Å². The Hall–Kier alpha value is -1.88. The molecule has 0 aliphatic rings. The van der Waals surface area contributed by atoms with Crippen LogP contribution in [0.1, 0.15) is 10.4 Å². The number of aromatic nitrogens is 3. The van der Waals surface area contributed by atoms with E-state index >= 15 is 0 Å². The van der Waals surface area contributed by atoms with Gasteiger partial charge in [-0.1, -0.05) is 17.7 Å². The van der Waals surface area contributed by atoms with Gasteiger partial charge in [-0.25, -0.2) is 9.67 Å². The topological polar surface area (TPSA) is 67.8 Å². The van der Waals surface area contributed by atoms with Crippen LogP contribution in [0.4, 0.5) is 0 Å². The van der Waals surface area contributed by atoms with Crippen LogP contribution < -0.4 is 5.56 Å². The molecule has 0 fully saturated rings. The van der Waals surface area contributed by atoms with Gasteiger partial charge in [-0.3, -0.25) is 14.7 Å². The van der Waals surface area contributed by atoms with E-state index in [1.165, 1.54) is 10.9 Å². The zero-order chi connectivity index (χ0) is 10.8. The number of nitrogens with one attached hydrogen (secondary N) is 1. The molecule has 15 heavy (non-hydrogen) atoms. The number of aromatic amines is 1. The first-order valence-corrected chi connectivity index (χ1v) is 4.48. The highest BCUT2D eigenvalue weighted by Gasteiger charge is 2.04. The third-order valence-electron chi connectivity index (χ3n) is 1.83. The van der Waals surface area contributed by atoms with Crippen molar-refractivity contribution in [1.82, 2.24) is 14.8 Å². The Kier molecular flexibility index (Phi) is 2.39. The smallest absolute Gasteiger partial charge is 0.275 e. The maximum atomic E-state index is 11.2. The van der Waals surface area contributed by atoms with Gasteiger partial charge in [0.25, 0.3) is 5.56 Å². The zero-order valence-corrected chi connectivity index (χ0v) is 8.23. The number of H-pyrrole nitrogens is 1. The van der Waals surface area contributed by atoms with Gasteiger partial charge in [0.05, 0.1) is 5.56 Å². The van der Waals surface area contributed by atoms with Gasteiger partial charge < -0.3 is 0 Å². The summed E-state index contributed by atoms with van der Waals surface area (Å²) in [6.07, 6.45) is 1.86. The molecule has 0 saturated carbocycles. The molecule has 0 amide bonds. The quantitative estimate of drug-likeness (QED) is 0.611. The van der Waals surface area contributed by atoms with E-state index in [1.807, 2.05) is 0 Å². The number of hydrogen-bond acceptors (Lipinski definition) is 3. The second kappa shape index (κ2) is 3.70. The molecule has 0 aromatic carbocycles. The maximum absolute atomic E-state index is 11.2. The molecule has 0 spiro atoms. The molecule has 0 atom stereocenters. The van der Waals surface area contributed by atoms with E-state index in [1.54, 1.807) is 18.2 Å². The summed E-state index contributed by atoms with van der Waals surface area (Å²) in [6.45, 7) is 0. The van der Waals surface area contributed by atoms with Crippen molar-refractivity contribution in [2.45, 2.75) is 0 Å². The minimum absolute atomic E-state index is 0.0526. The lowest BCUT2D eigenvalue weighted by Crippen LogP contribution is -2.07. The van der Waals surface area contributed by atoms with Crippen LogP contribution in [-0.4, -0.2) is 21.1 Å². The first-order valence-electron chi connectivity index (χ1n) is 4.10. The molecule has 6 heteroatoms. The lowest BCUT2D eigenvalue weighted by Gasteiger charge is -1.99. The Balaban J connectivity index is 2.54. The van der Waals surface area contributed by atoms with E-state index in [2.05, 4.69) is 10.1 Å². The summed E-state index contributed by atoms with van der Waals surface area (Å²) in [6, 6.07) is 4.98. The third-order valence-corrected chi connectivity index (χ3v) is 2.04. The zero-order valence-electron chi connectivity index (χ0n) is 7.48. The number of carbonyl (C=O) groups is 1. The van der Waals surface area contributed by atoms with Crippen LogP contribution in [0.25, 0.3) is 5.82 Å². The lowest BCUT2D eigenvalue weighted by atomic mass is 10.4. The molecule has 2 rings (SSSR count). The predicted octanol–water partition coefficient (Wildman–Crippen LogP) is 1.03. The molecular weight excluding hydrogens is 218 g/mol. The molecule has 0 unspecified atom stereocenters. The third kappa shape index (κ3) is 1.82. The lowest BCUT2D eigenvalue weighted by molar-refractivity contribution is 0.112. The molecule has 0 aliphatic carbocycles. The molecule has 2 aromatic heterocycles. The van der Waals surface area contributed by atoms with E-state index in [4.69, 9.17) is 11.6 Å². The van der Waals surface area contributed by atoms with Crippen molar-refractivity contribution < 1.29 is 4.79 Å². The molecule has 0 aliphatic heterocycles. The number of nitrogens with zero attached hydrogens (tertiary/aromatic N) is 2. The number of halogens is 1. The van der Waals surface area contributed by atoms with Crippen LogP contribution in [-0.2, 0) is 0 Å². The molecule has 2 aromatic rings. The van der Waals surface area contributed by atoms with Gasteiger partial charge in [0.1, 0.15) is 5.15 Å². The highest BCUT2D eigenvalue weighted by atomic mass is 35.5. The van der Waals surface area contributed by atoms with Gasteiger partial charge in [-0.2, -0.15) is 0 Å². The summed E-state index contributed by atoms with van der Waals surface area (Å²) in [7, 11) is 0. The first kappa shape index (κ1) is 9.67. The summed E-state index contributed by atoms with van der Waals surface area (Å²) >= 11 is 5.69. The fourth-order valence-electron chi connectivity index (χ4n) is 1.14. The Morgan fingerprint density at radius 2 is 2.27 bits per heavy atom. The SMILES string of the molecule is O=Cc1cn(-c2cccc(Cl)n2)[nH]c1=O. The highest BCUT2D eigenvalue weighted by Crippen LogP contribution is 2.07. The molecule has 2 heterocycles. The molecule has 0 bridgehead atoms. The number of hydrogen-bond donors (Lipinski definition) is 1. The second-order valence-corrected chi connectivity index (χ2v) is 3.22. The molecule has 0 saturated heterocycles. The van der Waals surface area contributed by atoms with Gasteiger partial charge in [0, 0.05) is 6.20 Å². The van der Waals surface area contributed by atoms with Crippen molar-refractivity contribution in [2.75, 3.05) is 0 Å². The molecule has 76 valence electrons. The van der Waals surface area contributed by atoms with Crippen molar-refractivity contribution in [1.29, 1.82) is 0 Å². The second-order valence-electron chi connectivity index (χ2n) is 2.83. The summed E-state index contributed by atoms with van der Waals surface area (Å²) in [5, 5.41) is 2.76. The Morgan fingerprint density at radius 3 is 2.87 bits per heavy atom. The van der Waals surface area contributed by atoms with Crippen molar-refractivity contribution in [2.24, 2.45) is 0 Å². The van der Waals surface area contributed by atoms with Gasteiger partial charge >= 0.3 is 0 Å². The van der Waals surface area contributed by atoms with Crippen LogP contribution in [0.2, 0.25) is 5.15 Å². The van der Waals surface area contributed by atoms with E-state index in [0.29, 0.717) is 17.3 Å². The number of carbonyl (C=O) groups excluding carboxylic acids is 1. The van der Waals surface area contributed by atoms with Crippen LogP contribution in [0.5, 0.6) is 0 Å². The highest BCUT2D eigenvalue weighted by molar-refractivity contribution is 6.29. The largest absolute Gasteiger partial charge is 0.298 e. The Labute approximate surface area is 89.3 Å². The Bertz CT molecular complexity index is 558. The number of pyridine rings is 1. The number of aldehydes is 1. The molecule has 0 radical (unpaired) electrons.